The predicted molar refractivity (Wildman–Crippen MR) is 122 cm³/mol. The molecule has 1 aliphatic heterocycles. The van der Waals surface area contributed by atoms with Gasteiger partial charge in [0.05, 0.1) is 12.7 Å². The molecule has 9 heteroatoms. The van der Waals surface area contributed by atoms with Crippen LogP contribution in [-0.2, 0) is 26.1 Å². The van der Waals surface area contributed by atoms with Crippen LogP contribution in [0.25, 0.3) is 0 Å². The second-order valence-electron chi connectivity index (χ2n) is 7.88. The summed E-state index contributed by atoms with van der Waals surface area (Å²) < 4.78 is 44.3. The molecule has 0 bridgehead atoms. The Kier molecular flexibility index (Phi) is 6.26. The molecule has 0 aliphatic carbocycles. The maximum Gasteiger partial charge on any atom is 0.270 e. The van der Waals surface area contributed by atoms with Crippen LogP contribution in [0, 0.1) is 32.6 Å². The number of benzene rings is 1. The van der Waals surface area contributed by atoms with Gasteiger partial charge in [0, 0.05) is 24.4 Å². The number of pyridine rings is 1. The molecule has 2 aromatic heterocycles. The number of rotatable bonds is 5. The van der Waals surface area contributed by atoms with E-state index in [-0.39, 0.29) is 29.2 Å². The fourth-order valence-corrected chi connectivity index (χ4v) is 5.13. The fourth-order valence-electron chi connectivity index (χ4n) is 3.66. The SMILES string of the molecule is COCN(c1noc(C)c1C)S(=O)(=O)c1cccnc1C#Cc1cc2c(cc1C)C(C)OC2. The molecule has 33 heavy (non-hydrogen) atoms. The minimum Gasteiger partial charge on any atom is -0.369 e. The standard InChI is InChI=1S/C24H25N3O5S/c1-15-11-21-18(4)31-13-20(21)12-19(15)8-9-22-23(7-6-10-25-22)33(28,29)27(14-30-5)24-16(2)17(3)32-26-24/h6-7,10-12,18H,13-14H2,1-5H3. The highest BCUT2D eigenvalue weighted by molar-refractivity contribution is 7.92. The van der Waals surface area contributed by atoms with E-state index >= 15 is 0 Å². The molecular weight excluding hydrogens is 442 g/mol. The molecule has 0 spiro atoms. The van der Waals surface area contributed by atoms with Crippen molar-refractivity contribution in [2.45, 2.75) is 45.3 Å². The second-order valence-corrected chi connectivity index (χ2v) is 9.71. The molecule has 3 heterocycles. The van der Waals surface area contributed by atoms with Gasteiger partial charge < -0.3 is 14.0 Å². The van der Waals surface area contributed by atoms with Gasteiger partial charge in [0.1, 0.15) is 23.1 Å². The van der Waals surface area contributed by atoms with Crippen molar-refractivity contribution >= 4 is 15.8 Å². The van der Waals surface area contributed by atoms with Crippen LogP contribution < -0.4 is 4.31 Å². The number of ether oxygens (including phenoxy) is 2. The van der Waals surface area contributed by atoms with Gasteiger partial charge in [-0.3, -0.25) is 0 Å². The molecule has 0 amide bonds. The molecule has 172 valence electrons. The number of aryl methyl sites for hydroxylation is 2. The summed E-state index contributed by atoms with van der Waals surface area (Å²) in [6.45, 7) is 7.75. The summed E-state index contributed by atoms with van der Waals surface area (Å²) in [6.07, 6.45) is 1.57. The van der Waals surface area contributed by atoms with Crippen LogP contribution in [0.2, 0.25) is 0 Å². The van der Waals surface area contributed by atoms with Gasteiger partial charge in [-0.05, 0) is 68.5 Å². The van der Waals surface area contributed by atoms with Crippen LogP contribution in [0.1, 0.15) is 52.3 Å². The van der Waals surface area contributed by atoms with Gasteiger partial charge in [-0.25, -0.2) is 17.7 Å². The molecule has 1 atom stereocenters. The van der Waals surface area contributed by atoms with Crippen LogP contribution in [0.3, 0.4) is 0 Å². The lowest BCUT2D eigenvalue weighted by Gasteiger charge is -2.21. The van der Waals surface area contributed by atoms with E-state index in [1.54, 1.807) is 19.9 Å². The Labute approximate surface area is 193 Å². The van der Waals surface area contributed by atoms with E-state index in [9.17, 15) is 8.42 Å². The van der Waals surface area contributed by atoms with Crippen molar-refractivity contribution < 1.29 is 22.4 Å². The summed E-state index contributed by atoms with van der Waals surface area (Å²) in [4.78, 5) is 4.21. The normalized spacial score (nSPS) is 15.1. The van der Waals surface area contributed by atoms with Crippen molar-refractivity contribution in [2.24, 2.45) is 0 Å². The third kappa shape index (κ3) is 4.25. The lowest BCUT2D eigenvalue weighted by atomic mass is 9.98. The highest BCUT2D eigenvalue weighted by Crippen LogP contribution is 2.32. The molecule has 0 radical (unpaired) electrons. The van der Waals surface area contributed by atoms with Gasteiger partial charge in [0.2, 0.25) is 0 Å². The molecule has 1 aliphatic rings. The van der Waals surface area contributed by atoms with Crippen molar-refractivity contribution in [2.75, 3.05) is 18.1 Å². The van der Waals surface area contributed by atoms with Crippen LogP contribution in [-0.4, -0.2) is 32.4 Å². The first-order valence-corrected chi connectivity index (χ1v) is 11.8. The number of hydrogen-bond acceptors (Lipinski definition) is 7. The first-order valence-electron chi connectivity index (χ1n) is 10.4. The summed E-state index contributed by atoms with van der Waals surface area (Å²) in [7, 11) is -2.67. The number of nitrogens with zero attached hydrogens (tertiary/aromatic N) is 3. The number of sulfonamides is 1. The van der Waals surface area contributed by atoms with Crippen LogP contribution in [0.15, 0.2) is 39.9 Å². The third-order valence-electron chi connectivity index (χ3n) is 5.68. The number of fused-ring (bicyclic) bond motifs is 1. The molecule has 0 fully saturated rings. The Bertz CT molecular complexity index is 1370. The van der Waals surface area contributed by atoms with Gasteiger partial charge in [0.15, 0.2) is 5.82 Å². The molecule has 1 unspecified atom stereocenters. The molecule has 1 aromatic carbocycles. The molecule has 0 N–H and O–H groups in total. The molecule has 4 rings (SSSR count). The number of aromatic nitrogens is 2. The maximum atomic E-state index is 13.6. The topological polar surface area (TPSA) is 94.8 Å². The fraction of sp³-hybridized carbons (Fsp3) is 0.333. The van der Waals surface area contributed by atoms with Gasteiger partial charge in [-0.1, -0.05) is 17.1 Å². The van der Waals surface area contributed by atoms with Crippen molar-refractivity contribution in [3.63, 3.8) is 0 Å². The first-order chi connectivity index (χ1) is 15.7. The van der Waals surface area contributed by atoms with E-state index in [1.807, 2.05) is 19.9 Å². The molecule has 0 saturated carbocycles. The van der Waals surface area contributed by atoms with Gasteiger partial charge in [0.25, 0.3) is 10.0 Å². The molecular formula is C24H25N3O5S. The Hall–Kier alpha value is -3.19. The monoisotopic (exact) mass is 467 g/mol. The average molecular weight is 468 g/mol. The number of anilines is 1. The van der Waals surface area contributed by atoms with Gasteiger partial charge in [-0.15, -0.1) is 0 Å². The van der Waals surface area contributed by atoms with E-state index in [2.05, 4.69) is 28.0 Å². The summed E-state index contributed by atoms with van der Waals surface area (Å²) in [5.41, 5.74) is 4.80. The highest BCUT2D eigenvalue weighted by atomic mass is 32.2. The molecule has 8 nitrogen and oxygen atoms in total. The first kappa shape index (κ1) is 23.0. The summed E-state index contributed by atoms with van der Waals surface area (Å²) >= 11 is 0. The smallest absolute Gasteiger partial charge is 0.270 e. The molecule has 3 aromatic rings. The van der Waals surface area contributed by atoms with Crippen LogP contribution in [0.5, 0.6) is 0 Å². The van der Waals surface area contributed by atoms with E-state index in [0.29, 0.717) is 17.9 Å². The Morgan fingerprint density at radius 1 is 1.24 bits per heavy atom. The molecule has 0 saturated heterocycles. The zero-order chi connectivity index (χ0) is 23.8. The minimum atomic E-state index is -4.09. The lowest BCUT2D eigenvalue weighted by Crippen LogP contribution is -2.34. The maximum absolute atomic E-state index is 13.6. The van der Waals surface area contributed by atoms with E-state index < -0.39 is 10.0 Å². The van der Waals surface area contributed by atoms with Crippen LogP contribution >= 0.6 is 0 Å². The summed E-state index contributed by atoms with van der Waals surface area (Å²) in [5, 5.41) is 3.92. The van der Waals surface area contributed by atoms with Gasteiger partial charge in [-0.2, -0.15) is 0 Å². The zero-order valence-corrected chi connectivity index (χ0v) is 20.0. The van der Waals surface area contributed by atoms with E-state index in [0.717, 1.165) is 26.6 Å². The second kappa shape index (κ2) is 8.98. The lowest BCUT2D eigenvalue weighted by molar-refractivity contribution is 0.0796. The van der Waals surface area contributed by atoms with Crippen molar-refractivity contribution in [3.8, 4) is 11.8 Å². The van der Waals surface area contributed by atoms with Gasteiger partial charge >= 0.3 is 0 Å². The Balaban J connectivity index is 1.77. The summed E-state index contributed by atoms with van der Waals surface area (Å²) in [5.74, 6) is 6.74. The Morgan fingerprint density at radius 3 is 2.73 bits per heavy atom. The number of hydrogen-bond donors (Lipinski definition) is 0. The van der Waals surface area contributed by atoms with Crippen molar-refractivity contribution in [1.82, 2.24) is 10.1 Å². The van der Waals surface area contributed by atoms with Crippen molar-refractivity contribution in [1.29, 1.82) is 0 Å². The summed E-state index contributed by atoms with van der Waals surface area (Å²) in [6, 6.07) is 7.10. The van der Waals surface area contributed by atoms with Crippen molar-refractivity contribution in [3.05, 3.63) is 69.7 Å². The minimum absolute atomic E-state index is 0.0367. The van der Waals surface area contributed by atoms with Crippen LogP contribution in [0.4, 0.5) is 5.82 Å². The predicted octanol–water partition coefficient (Wildman–Crippen LogP) is 3.79. The zero-order valence-electron chi connectivity index (χ0n) is 19.2. The quantitative estimate of drug-likeness (QED) is 0.416. The highest BCUT2D eigenvalue weighted by Gasteiger charge is 2.31. The average Bonchev–Trinajstić information content (AvgIpc) is 3.32. The van der Waals surface area contributed by atoms with E-state index in [4.69, 9.17) is 14.0 Å². The Morgan fingerprint density at radius 2 is 2.03 bits per heavy atom. The number of methoxy groups -OCH3 is 1. The largest absolute Gasteiger partial charge is 0.369 e. The third-order valence-corrected chi connectivity index (χ3v) is 7.43. The van der Waals surface area contributed by atoms with E-state index in [1.165, 1.54) is 19.4 Å².